The van der Waals surface area contributed by atoms with E-state index in [1.54, 1.807) is 41.1 Å². The van der Waals surface area contributed by atoms with Crippen LogP contribution in [0.25, 0.3) is 0 Å². The summed E-state index contributed by atoms with van der Waals surface area (Å²) in [7, 11) is 0. The molecule has 162 valence electrons. The molecule has 0 spiro atoms. The molecule has 1 aliphatic heterocycles. The summed E-state index contributed by atoms with van der Waals surface area (Å²) >= 11 is 6.00. The number of hydrogen-bond acceptors (Lipinski definition) is 7. The Morgan fingerprint density at radius 2 is 2.03 bits per heavy atom. The van der Waals surface area contributed by atoms with Gasteiger partial charge in [-0.3, -0.25) is 10.1 Å². The van der Waals surface area contributed by atoms with Crippen molar-refractivity contribution in [1.29, 1.82) is 0 Å². The number of benzene rings is 2. The average Bonchev–Trinajstić information content (AvgIpc) is 3.53. The van der Waals surface area contributed by atoms with Crippen molar-refractivity contribution in [2.24, 2.45) is 0 Å². The van der Waals surface area contributed by atoms with Gasteiger partial charge in [-0.05, 0) is 42.0 Å². The second kappa shape index (κ2) is 8.64. The number of halogens is 1. The van der Waals surface area contributed by atoms with Gasteiger partial charge in [-0.2, -0.15) is 0 Å². The Kier molecular flexibility index (Phi) is 5.39. The molecule has 5 rings (SSSR count). The first-order chi connectivity index (χ1) is 15.6. The topological polar surface area (TPSA) is 101 Å². The van der Waals surface area contributed by atoms with Crippen LogP contribution in [0.4, 0.5) is 5.95 Å². The fourth-order valence-electron chi connectivity index (χ4n) is 3.11. The summed E-state index contributed by atoms with van der Waals surface area (Å²) in [6.07, 6.45) is 1.53. The molecule has 0 saturated heterocycles. The summed E-state index contributed by atoms with van der Waals surface area (Å²) in [6, 6.07) is 16.0. The second-order valence-corrected chi connectivity index (χ2v) is 7.36. The van der Waals surface area contributed by atoms with E-state index in [4.69, 9.17) is 30.2 Å². The number of nitrogens with zero attached hydrogens (tertiary/aromatic N) is 3. The van der Waals surface area contributed by atoms with Gasteiger partial charge in [0.05, 0.1) is 6.54 Å². The third-order valence-electron chi connectivity index (χ3n) is 4.61. The van der Waals surface area contributed by atoms with Gasteiger partial charge in [0.1, 0.15) is 24.4 Å². The lowest BCUT2D eigenvalue weighted by molar-refractivity contribution is 0.0991. The minimum atomic E-state index is -0.458. The van der Waals surface area contributed by atoms with Gasteiger partial charge < -0.3 is 18.6 Å². The SMILES string of the molecule is O=C(Nc1ncn(Cc2cccc(Cl)c2)n1)c1ccc(COc2ccc3c(c2)OCO3)o1. The zero-order valence-electron chi connectivity index (χ0n) is 16.7. The van der Waals surface area contributed by atoms with Crippen LogP contribution < -0.4 is 19.5 Å². The molecular weight excluding hydrogens is 436 g/mol. The fourth-order valence-corrected chi connectivity index (χ4v) is 3.33. The van der Waals surface area contributed by atoms with Crippen LogP contribution >= 0.6 is 11.6 Å². The van der Waals surface area contributed by atoms with Crippen LogP contribution in [0.1, 0.15) is 21.9 Å². The van der Waals surface area contributed by atoms with Crippen LogP contribution in [-0.4, -0.2) is 27.5 Å². The quantitative estimate of drug-likeness (QED) is 0.450. The highest BCUT2D eigenvalue weighted by Gasteiger charge is 2.16. The van der Waals surface area contributed by atoms with Crippen molar-refractivity contribution in [2.45, 2.75) is 13.2 Å². The minimum absolute atomic E-state index is 0.125. The van der Waals surface area contributed by atoms with E-state index in [9.17, 15) is 4.79 Å². The Balaban J connectivity index is 1.17. The molecule has 0 unspecified atom stereocenters. The van der Waals surface area contributed by atoms with Crippen LogP contribution in [0.3, 0.4) is 0 Å². The summed E-state index contributed by atoms with van der Waals surface area (Å²) < 4.78 is 23.5. The molecule has 3 heterocycles. The minimum Gasteiger partial charge on any atom is -0.486 e. The summed E-state index contributed by atoms with van der Waals surface area (Å²) in [5.74, 6) is 2.24. The maximum absolute atomic E-state index is 12.5. The maximum atomic E-state index is 12.5. The number of aromatic nitrogens is 3. The van der Waals surface area contributed by atoms with E-state index >= 15 is 0 Å². The standard InChI is InChI=1S/C22H17ClN4O5/c23-15-3-1-2-14(8-15)10-27-12-24-22(26-27)25-21(28)19-7-5-17(32-19)11-29-16-4-6-18-20(9-16)31-13-30-18/h1-9,12H,10-11,13H2,(H,25,26,28). The molecule has 0 aliphatic carbocycles. The van der Waals surface area contributed by atoms with E-state index in [1.165, 1.54) is 6.33 Å². The van der Waals surface area contributed by atoms with Crippen molar-refractivity contribution in [3.63, 3.8) is 0 Å². The molecule has 1 aliphatic rings. The molecule has 2 aromatic heterocycles. The van der Waals surface area contributed by atoms with E-state index in [1.807, 2.05) is 18.2 Å². The van der Waals surface area contributed by atoms with E-state index in [0.29, 0.717) is 34.6 Å². The molecule has 0 atom stereocenters. The lowest BCUT2D eigenvalue weighted by Crippen LogP contribution is -2.12. The largest absolute Gasteiger partial charge is 0.486 e. The van der Waals surface area contributed by atoms with E-state index < -0.39 is 5.91 Å². The molecule has 9 nitrogen and oxygen atoms in total. The predicted octanol–water partition coefficient (Wildman–Crippen LogP) is 4.13. The van der Waals surface area contributed by atoms with Crippen molar-refractivity contribution in [1.82, 2.24) is 14.8 Å². The first-order valence-electron chi connectivity index (χ1n) is 9.69. The monoisotopic (exact) mass is 452 g/mol. The van der Waals surface area contributed by atoms with E-state index in [2.05, 4.69) is 15.4 Å². The number of carbonyl (C=O) groups is 1. The maximum Gasteiger partial charge on any atom is 0.293 e. The fraction of sp³-hybridized carbons (Fsp3) is 0.136. The second-order valence-electron chi connectivity index (χ2n) is 6.92. The van der Waals surface area contributed by atoms with Gasteiger partial charge in [0.25, 0.3) is 5.91 Å². The molecule has 4 aromatic rings. The molecule has 0 bridgehead atoms. The number of amides is 1. The smallest absolute Gasteiger partial charge is 0.293 e. The summed E-state index contributed by atoms with van der Waals surface area (Å²) in [5, 5.41) is 7.52. The molecule has 2 aromatic carbocycles. The Bertz CT molecular complexity index is 1270. The van der Waals surface area contributed by atoms with E-state index in [-0.39, 0.29) is 25.1 Å². The third-order valence-corrected chi connectivity index (χ3v) is 4.84. The van der Waals surface area contributed by atoms with Crippen LogP contribution in [0.2, 0.25) is 5.02 Å². The van der Waals surface area contributed by atoms with Crippen LogP contribution in [0, 0.1) is 0 Å². The van der Waals surface area contributed by atoms with Gasteiger partial charge >= 0.3 is 0 Å². The molecule has 0 saturated carbocycles. The van der Waals surface area contributed by atoms with Crippen molar-refractivity contribution in [3.05, 3.63) is 83.0 Å². The lowest BCUT2D eigenvalue weighted by atomic mass is 10.2. The Hall–Kier alpha value is -3.98. The molecule has 0 radical (unpaired) electrons. The van der Waals surface area contributed by atoms with Gasteiger partial charge in [-0.25, -0.2) is 9.67 Å². The van der Waals surface area contributed by atoms with Gasteiger partial charge in [-0.1, -0.05) is 23.7 Å². The van der Waals surface area contributed by atoms with Gasteiger partial charge in [0, 0.05) is 11.1 Å². The van der Waals surface area contributed by atoms with Crippen LogP contribution in [0.15, 0.2) is 65.3 Å². The van der Waals surface area contributed by atoms with Gasteiger partial charge in [0.2, 0.25) is 12.7 Å². The molecular formula is C22H17ClN4O5. The predicted molar refractivity (Wildman–Crippen MR) is 114 cm³/mol. The van der Waals surface area contributed by atoms with Crippen molar-refractivity contribution >= 4 is 23.5 Å². The van der Waals surface area contributed by atoms with Crippen LogP contribution in [0.5, 0.6) is 17.2 Å². The lowest BCUT2D eigenvalue weighted by Gasteiger charge is -2.05. The Morgan fingerprint density at radius 3 is 2.94 bits per heavy atom. The number of rotatable bonds is 7. The average molecular weight is 453 g/mol. The molecule has 1 N–H and O–H groups in total. The molecule has 10 heteroatoms. The normalized spacial score (nSPS) is 12.0. The molecule has 1 amide bonds. The van der Waals surface area contributed by atoms with Crippen LogP contribution in [-0.2, 0) is 13.2 Å². The number of ether oxygens (including phenoxy) is 3. The Morgan fingerprint density at radius 1 is 1.12 bits per heavy atom. The van der Waals surface area contributed by atoms with Gasteiger partial charge in [0.15, 0.2) is 17.3 Å². The number of furan rings is 1. The summed E-state index contributed by atoms with van der Waals surface area (Å²) in [6.45, 7) is 0.827. The van der Waals surface area contributed by atoms with E-state index in [0.717, 1.165) is 5.56 Å². The highest BCUT2D eigenvalue weighted by Crippen LogP contribution is 2.35. The zero-order chi connectivity index (χ0) is 21.9. The third kappa shape index (κ3) is 4.52. The number of carbonyl (C=O) groups excluding carboxylic acids is 1. The number of anilines is 1. The van der Waals surface area contributed by atoms with Gasteiger partial charge in [-0.15, -0.1) is 5.10 Å². The highest BCUT2D eigenvalue weighted by molar-refractivity contribution is 6.30. The zero-order valence-corrected chi connectivity index (χ0v) is 17.4. The first-order valence-corrected chi connectivity index (χ1v) is 10.1. The first kappa shape index (κ1) is 20.0. The van der Waals surface area contributed by atoms with Crippen molar-refractivity contribution in [2.75, 3.05) is 12.1 Å². The number of fused-ring (bicyclic) bond motifs is 1. The number of nitrogens with one attached hydrogen (secondary N) is 1. The van der Waals surface area contributed by atoms with Crippen molar-refractivity contribution < 1.29 is 23.4 Å². The molecule has 0 fully saturated rings. The number of hydrogen-bond donors (Lipinski definition) is 1. The van der Waals surface area contributed by atoms with Crippen molar-refractivity contribution in [3.8, 4) is 17.2 Å². The summed E-state index contributed by atoms with van der Waals surface area (Å²) in [5.41, 5.74) is 0.971. The molecule has 32 heavy (non-hydrogen) atoms. The highest BCUT2D eigenvalue weighted by atomic mass is 35.5. The summed E-state index contributed by atoms with van der Waals surface area (Å²) in [4.78, 5) is 16.6. The Labute approximate surface area is 187 Å².